The minimum atomic E-state index is 0.184. The van der Waals surface area contributed by atoms with Gasteiger partial charge in [-0.3, -0.25) is 0 Å². The van der Waals surface area contributed by atoms with Crippen LogP contribution in [0.25, 0.3) is 9.88 Å². The summed E-state index contributed by atoms with van der Waals surface area (Å²) in [7, 11) is 0. The van der Waals surface area contributed by atoms with Crippen molar-refractivity contribution in [2.75, 3.05) is 0 Å². The number of nitrogens with zero attached hydrogens (tertiary/aromatic N) is 1. The molecule has 0 aliphatic carbocycles. The van der Waals surface area contributed by atoms with Crippen molar-refractivity contribution in [3.8, 4) is 9.88 Å². The van der Waals surface area contributed by atoms with Gasteiger partial charge in [-0.15, -0.1) is 22.7 Å². The maximum Gasteiger partial charge on any atom is 0.133 e. The Hall–Kier alpha value is -0.750. The second-order valence-electron chi connectivity index (χ2n) is 7.50. The van der Waals surface area contributed by atoms with E-state index in [0.717, 1.165) is 30.1 Å². The van der Waals surface area contributed by atoms with Crippen LogP contribution in [0.4, 0.5) is 0 Å². The zero-order chi connectivity index (χ0) is 15.8. The van der Waals surface area contributed by atoms with Gasteiger partial charge in [0.2, 0.25) is 0 Å². The molecule has 0 amide bonds. The molecule has 3 heterocycles. The fourth-order valence-electron chi connectivity index (χ4n) is 3.62. The summed E-state index contributed by atoms with van der Waals surface area (Å²) >= 11 is 3.49. The summed E-state index contributed by atoms with van der Waals surface area (Å²) in [5.74, 6) is 0. The van der Waals surface area contributed by atoms with Crippen molar-refractivity contribution in [2.45, 2.75) is 64.2 Å². The molecule has 3 nitrogen and oxygen atoms in total. The topological polar surface area (TPSA) is 37.0 Å². The average molecular weight is 336 g/mol. The van der Waals surface area contributed by atoms with Gasteiger partial charge in [-0.2, -0.15) is 0 Å². The van der Waals surface area contributed by atoms with Gasteiger partial charge >= 0.3 is 0 Å². The lowest BCUT2D eigenvalue weighted by Crippen LogP contribution is -2.61. The van der Waals surface area contributed by atoms with Crippen molar-refractivity contribution in [3.63, 3.8) is 0 Å². The summed E-state index contributed by atoms with van der Waals surface area (Å²) in [5, 5.41) is 12.9. The smallest absolute Gasteiger partial charge is 0.133 e. The van der Waals surface area contributed by atoms with Crippen LogP contribution in [0.15, 0.2) is 22.9 Å². The zero-order valence-corrected chi connectivity index (χ0v) is 15.4. The predicted octanol–water partition coefficient (Wildman–Crippen LogP) is 4.27. The first-order valence-electron chi connectivity index (χ1n) is 7.84. The van der Waals surface area contributed by atoms with Crippen LogP contribution in [-0.4, -0.2) is 22.1 Å². The highest BCUT2D eigenvalue weighted by atomic mass is 32.1. The van der Waals surface area contributed by atoms with E-state index in [1.807, 2.05) is 0 Å². The Balaban J connectivity index is 1.61. The monoisotopic (exact) mass is 335 g/mol. The maximum absolute atomic E-state index is 4.76. The van der Waals surface area contributed by atoms with Gasteiger partial charge in [0.05, 0.1) is 10.6 Å². The summed E-state index contributed by atoms with van der Waals surface area (Å²) in [6.07, 6.45) is 2.30. The summed E-state index contributed by atoms with van der Waals surface area (Å²) < 4.78 is 0. The van der Waals surface area contributed by atoms with E-state index in [1.165, 1.54) is 4.88 Å². The van der Waals surface area contributed by atoms with Crippen LogP contribution in [0.3, 0.4) is 0 Å². The molecule has 2 aromatic heterocycles. The average Bonchev–Trinajstić information content (AvgIpc) is 3.04. The molecule has 5 heteroatoms. The second-order valence-corrected chi connectivity index (χ2v) is 9.31. The highest BCUT2D eigenvalue weighted by molar-refractivity contribution is 7.20. The van der Waals surface area contributed by atoms with Crippen molar-refractivity contribution in [1.82, 2.24) is 15.6 Å². The zero-order valence-electron chi connectivity index (χ0n) is 13.8. The third kappa shape index (κ3) is 3.96. The molecule has 1 aliphatic heterocycles. The first-order valence-corrected chi connectivity index (χ1v) is 9.60. The summed E-state index contributed by atoms with van der Waals surface area (Å²) in [6, 6.07) is 4.76. The number of nitrogens with one attached hydrogen (secondary N) is 2. The fourth-order valence-corrected chi connectivity index (χ4v) is 5.25. The Bertz CT molecular complexity index is 598. The number of hydrogen-bond donors (Lipinski definition) is 2. The van der Waals surface area contributed by atoms with Crippen molar-refractivity contribution >= 4 is 22.7 Å². The first-order chi connectivity index (χ1) is 10.3. The van der Waals surface area contributed by atoms with E-state index in [0.29, 0.717) is 6.04 Å². The Kier molecular flexibility index (Phi) is 4.42. The number of rotatable bonds is 4. The second kappa shape index (κ2) is 6.04. The number of hydrogen-bond acceptors (Lipinski definition) is 5. The third-order valence-electron chi connectivity index (χ3n) is 4.05. The quantitative estimate of drug-likeness (QED) is 0.876. The summed E-state index contributed by atoms with van der Waals surface area (Å²) in [5.41, 5.74) is 1.52. The van der Waals surface area contributed by atoms with Gasteiger partial charge in [0.1, 0.15) is 5.01 Å². The molecule has 0 bridgehead atoms. The molecule has 1 aliphatic rings. The summed E-state index contributed by atoms with van der Waals surface area (Å²) in [6.45, 7) is 10.0. The van der Waals surface area contributed by atoms with Gasteiger partial charge in [-0.25, -0.2) is 4.98 Å². The Morgan fingerprint density at radius 2 is 1.95 bits per heavy atom. The van der Waals surface area contributed by atoms with Gasteiger partial charge in [0, 0.05) is 29.0 Å². The Labute approximate surface area is 141 Å². The molecule has 120 valence electrons. The number of thiophene rings is 1. The van der Waals surface area contributed by atoms with Crippen LogP contribution in [0.5, 0.6) is 0 Å². The lowest BCUT2D eigenvalue weighted by molar-refractivity contribution is 0.145. The highest BCUT2D eigenvalue weighted by Crippen LogP contribution is 2.30. The summed E-state index contributed by atoms with van der Waals surface area (Å²) in [4.78, 5) is 6.02. The molecular weight excluding hydrogens is 310 g/mol. The molecular formula is C17H25N3S2. The molecule has 0 aromatic carbocycles. The molecule has 0 unspecified atom stereocenters. The lowest BCUT2D eigenvalue weighted by atomic mass is 9.79. The van der Waals surface area contributed by atoms with E-state index in [-0.39, 0.29) is 11.1 Å². The lowest BCUT2D eigenvalue weighted by Gasteiger charge is -2.46. The van der Waals surface area contributed by atoms with Crippen LogP contribution >= 0.6 is 22.7 Å². The first kappa shape index (κ1) is 16.1. The SMILES string of the molecule is CC1(C)CC(NCc2csc(-c3cccs3)n2)CC(C)(C)N1. The molecule has 0 radical (unpaired) electrons. The van der Waals surface area contributed by atoms with E-state index < -0.39 is 0 Å². The number of aromatic nitrogens is 1. The fraction of sp³-hybridized carbons (Fsp3) is 0.588. The molecule has 3 rings (SSSR count). The Morgan fingerprint density at radius 1 is 1.23 bits per heavy atom. The van der Waals surface area contributed by atoms with E-state index >= 15 is 0 Å². The van der Waals surface area contributed by atoms with E-state index in [2.05, 4.69) is 61.2 Å². The van der Waals surface area contributed by atoms with E-state index in [9.17, 15) is 0 Å². The normalized spacial score (nSPS) is 21.1. The predicted molar refractivity (Wildman–Crippen MR) is 96.6 cm³/mol. The standard InChI is InChI=1S/C17H25N3S2/c1-16(2)8-12(9-17(3,4)20-16)18-10-13-11-22-15(19-13)14-6-5-7-21-14/h5-7,11-12,18,20H,8-10H2,1-4H3. The molecule has 0 atom stereocenters. The van der Waals surface area contributed by atoms with Gasteiger partial charge in [-0.1, -0.05) is 6.07 Å². The molecule has 0 saturated carbocycles. The minimum absolute atomic E-state index is 0.184. The maximum atomic E-state index is 4.76. The van der Waals surface area contributed by atoms with Crippen molar-refractivity contribution < 1.29 is 0 Å². The molecule has 0 spiro atoms. The van der Waals surface area contributed by atoms with Crippen molar-refractivity contribution in [2.24, 2.45) is 0 Å². The van der Waals surface area contributed by atoms with E-state index in [1.54, 1.807) is 22.7 Å². The molecule has 2 N–H and O–H groups in total. The molecule has 22 heavy (non-hydrogen) atoms. The largest absolute Gasteiger partial charge is 0.308 e. The number of piperidine rings is 1. The van der Waals surface area contributed by atoms with Crippen LogP contribution < -0.4 is 10.6 Å². The Morgan fingerprint density at radius 3 is 2.59 bits per heavy atom. The van der Waals surface area contributed by atoms with Crippen LogP contribution in [-0.2, 0) is 6.54 Å². The minimum Gasteiger partial charge on any atom is -0.308 e. The molecule has 1 fully saturated rings. The van der Waals surface area contributed by atoms with Crippen LogP contribution in [0.2, 0.25) is 0 Å². The van der Waals surface area contributed by atoms with Gasteiger partial charge in [-0.05, 0) is 52.0 Å². The van der Waals surface area contributed by atoms with E-state index in [4.69, 9.17) is 4.98 Å². The van der Waals surface area contributed by atoms with Crippen molar-refractivity contribution in [1.29, 1.82) is 0 Å². The van der Waals surface area contributed by atoms with Gasteiger partial charge in [0.25, 0.3) is 0 Å². The van der Waals surface area contributed by atoms with Gasteiger partial charge in [0.15, 0.2) is 0 Å². The van der Waals surface area contributed by atoms with Crippen molar-refractivity contribution in [3.05, 3.63) is 28.6 Å². The highest BCUT2D eigenvalue weighted by Gasteiger charge is 2.37. The van der Waals surface area contributed by atoms with Crippen LogP contribution in [0.1, 0.15) is 46.2 Å². The van der Waals surface area contributed by atoms with Gasteiger partial charge < -0.3 is 10.6 Å². The van der Waals surface area contributed by atoms with Crippen LogP contribution in [0, 0.1) is 0 Å². The molecule has 2 aromatic rings. The third-order valence-corrected chi connectivity index (χ3v) is 5.98. The number of thiazole rings is 1. The molecule has 1 saturated heterocycles.